The van der Waals surface area contributed by atoms with Crippen LogP contribution in [0.2, 0.25) is 0 Å². The summed E-state index contributed by atoms with van der Waals surface area (Å²) in [7, 11) is 0. The van der Waals surface area contributed by atoms with Crippen molar-refractivity contribution < 1.29 is 64.6 Å². The molecule has 1 aromatic rings. The van der Waals surface area contributed by atoms with E-state index in [0.29, 0.717) is 5.56 Å². The summed E-state index contributed by atoms with van der Waals surface area (Å²) in [6.45, 7) is 1.66. The van der Waals surface area contributed by atoms with Gasteiger partial charge < -0.3 is 59.8 Å². The molecule has 2 fully saturated rings. The van der Waals surface area contributed by atoms with Crippen molar-refractivity contribution in [3.05, 3.63) is 29.8 Å². The zero-order chi connectivity index (χ0) is 25.2. The topological polar surface area (TPSA) is 216 Å². The molecule has 0 bridgehead atoms. The lowest BCUT2D eigenvalue weighted by Gasteiger charge is -2.44. The van der Waals surface area contributed by atoms with Gasteiger partial charge in [0, 0.05) is 6.08 Å². The summed E-state index contributed by atoms with van der Waals surface area (Å²) < 4.78 is 20.7. The van der Waals surface area contributed by atoms with Gasteiger partial charge in [0.1, 0.15) is 36.6 Å². The molecule has 10 atom stereocenters. The van der Waals surface area contributed by atoms with E-state index in [1.54, 1.807) is 6.92 Å². The largest absolute Gasteiger partial charge is 0.504 e. The number of phenols is 2. The van der Waals surface area contributed by atoms with Crippen molar-refractivity contribution in [1.29, 1.82) is 0 Å². The number of ether oxygens (including phenoxy) is 4. The van der Waals surface area contributed by atoms with E-state index in [4.69, 9.17) is 18.9 Å². The molecule has 190 valence electrons. The maximum atomic E-state index is 12.1. The highest BCUT2D eigenvalue weighted by molar-refractivity contribution is 5.87. The summed E-state index contributed by atoms with van der Waals surface area (Å²) in [4.78, 5) is 12.1. The molecule has 2 aliphatic rings. The summed E-state index contributed by atoms with van der Waals surface area (Å²) in [5.41, 5.74) is 0.342. The second-order valence-electron chi connectivity index (χ2n) is 7.92. The predicted octanol–water partition coefficient (Wildman–Crippen LogP) is -2.35. The van der Waals surface area contributed by atoms with E-state index in [9.17, 15) is 45.6 Å². The van der Waals surface area contributed by atoms with Crippen LogP contribution in [0.25, 0.3) is 6.08 Å². The Balaban J connectivity index is 1.61. The van der Waals surface area contributed by atoms with E-state index >= 15 is 0 Å². The summed E-state index contributed by atoms with van der Waals surface area (Å²) in [6.07, 6.45) is -13.9. The number of hydrogen-bond donors (Lipinski definition) is 8. The molecule has 0 amide bonds. The standard InChI is InChI=1S/C21H28O13/c1-2-11-13(25)14(26)16(28)20(31-11)33-18-15(27)17(29)21(34-19(18)30)32-12(24)6-4-8-3-5-9(22)10(23)7-8/h3-7,11,13-23,25-30H,2H2,1H3. The van der Waals surface area contributed by atoms with Gasteiger partial charge >= 0.3 is 5.97 Å². The Morgan fingerprint density at radius 1 is 0.912 bits per heavy atom. The highest BCUT2D eigenvalue weighted by atomic mass is 16.8. The molecule has 0 saturated carbocycles. The molecule has 8 N–H and O–H groups in total. The Kier molecular flexibility index (Phi) is 8.46. The molecule has 0 aliphatic carbocycles. The average molecular weight is 488 g/mol. The minimum Gasteiger partial charge on any atom is -0.504 e. The van der Waals surface area contributed by atoms with Gasteiger partial charge in [0.2, 0.25) is 6.29 Å². The molecule has 2 aliphatic heterocycles. The fourth-order valence-corrected chi connectivity index (χ4v) is 3.55. The fourth-order valence-electron chi connectivity index (χ4n) is 3.55. The Morgan fingerprint density at radius 3 is 2.24 bits per heavy atom. The molecule has 13 heteroatoms. The Labute approximate surface area is 193 Å². The lowest BCUT2D eigenvalue weighted by molar-refractivity contribution is -0.377. The second-order valence-corrected chi connectivity index (χ2v) is 7.92. The van der Waals surface area contributed by atoms with Crippen molar-refractivity contribution in [3.63, 3.8) is 0 Å². The van der Waals surface area contributed by atoms with Crippen molar-refractivity contribution in [2.45, 2.75) is 74.9 Å². The monoisotopic (exact) mass is 488 g/mol. The van der Waals surface area contributed by atoms with Crippen LogP contribution in [-0.4, -0.2) is 108 Å². The molecule has 34 heavy (non-hydrogen) atoms. The summed E-state index contributed by atoms with van der Waals surface area (Å²) in [6, 6.07) is 3.79. The van der Waals surface area contributed by atoms with Gasteiger partial charge in [0.25, 0.3) is 0 Å². The van der Waals surface area contributed by atoms with Crippen LogP contribution in [0, 0.1) is 0 Å². The zero-order valence-corrected chi connectivity index (χ0v) is 18.0. The van der Waals surface area contributed by atoms with Gasteiger partial charge in [-0.1, -0.05) is 13.0 Å². The number of esters is 1. The molecule has 3 rings (SSSR count). The highest BCUT2D eigenvalue weighted by Gasteiger charge is 2.50. The molecule has 10 unspecified atom stereocenters. The first-order valence-corrected chi connectivity index (χ1v) is 10.5. The second kappa shape index (κ2) is 10.9. The smallest absolute Gasteiger partial charge is 0.333 e. The molecule has 0 aromatic heterocycles. The number of rotatable bonds is 6. The van der Waals surface area contributed by atoms with Crippen LogP contribution in [0.1, 0.15) is 18.9 Å². The molecule has 13 nitrogen and oxygen atoms in total. The van der Waals surface area contributed by atoms with Gasteiger partial charge in [-0.15, -0.1) is 0 Å². The van der Waals surface area contributed by atoms with Gasteiger partial charge in [-0.2, -0.15) is 0 Å². The zero-order valence-electron chi connectivity index (χ0n) is 18.0. The quantitative estimate of drug-likeness (QED) is 0.120. The van der Waals surface area contributed by atoms with Gasteiger partial charge in [-0.25, -0.2) is 4.79 Å². The number of aliphatic hydroxyl groups is 6. The van der Waals surface area contributed by atoms with Crippen LogP contribution < -0.4 is 0 Å². The number of aromatic hydroxyl groups is 2. The van der Waals surface area contributed by atoms with Crippen LogP contribution in [0.4, 0.5) is 0 Å². The third-order valence-electron chi connectivity index (χ3n) is 5.53. The van der Waals surface area contributed by atoms with Gasteiger partial charge in [0.05, 0.1) is 6.10 Å². The number of benzene rings is 1. The maximum Gasteiger partial charge on any atom is 0.333 e. The first-order chi connectivity index (χ1) is 16.0. The third kappa shape index (κ3) is 5.66. The first kappa shape index (κ1) is 26.3. The molecular formula is C21H28O13. The van der Waals surface area contributed by atoms with Crippen molar-refractivity contribution in [3.8, 4) is 11.5 Å². The van der Waals surface area contributed by atoms with Gasteiger partial charge in [-0.3, -0.25) is 0 Å². The van der Waals surface area contributed by atoms with Crippen LogP contribution in [-0.2, 0) is 23.7 Å². The van der Waals surface area contributed by atoms with E-state index < -0.39 is 73.3 Å². The predicted molar refractivity (Wildman–Crippen MR) is 110 cm³/mol. The summed E-state index contributed by atoms with van der Waals surface area (Å²) in [5, 5.41) is 79.7. The van der Waals surface area contributed by atoms with E-state index in [1.165, 1.54) is 24.3 Å². The van der Waals surface area contributed by atoms with E-state index in [-0.39, 0.29) is 12.2 Å². The number of hydrogen-bond acceptors (Lipinski definition) is 13. The van der Waals surface area contributed by atoms with Crippen LogP contribution in [0.5, 0.6) is 11.5 Å². The van der Waals surface area contributed by atoms with Gasteiger partial charge in [0.15, 0.2) is 24.1 Å². The van der Waals surface area contributed by atoms with Crippen molar-refractivity contribution in [2.75, 3.05) is 0 Å². The molecule has 0 radical (unpaired) electrons. The maximum absolute atomic E-state index is 12.1. The van der Waals surface area contributed by atoms with E-state index in [2.05, 4.69) is 0 Å². The average Bonchev–Trinajstić information content (AvgIpc) is 2.80. The number of carbonyl (C=O) groups is 1. The lowest BCUT2D eigenvalue weighted by Crippen LogP contribution is -2.63. The van der Waals surface area contributed by atoms with Crippen LogP contribution in [0.3, 0.4) is 0 Å². The van der Waals surface area contributed by atoms with Crippen LogP contribution >= 0.6 is 0 Å². The van der Waals surface area contributed by atoms with Crippen molar-refractivity contribution in [2.24, 2.45) is 0 Å². The van der Waals surface area contributed by atoms with Crippen molar-refractivity contribution in [1.82, 2.24) is 0 Å². The summed E-state index contributed by atoms with van der Waals surface area (Å²) >= 11 is 0. The molecular weight excluding hydrogens is 460 g/mol. The molecule has 0 spiro atoms. The normalized spacial score (nSPS) is 38.7. The van der Waals surface area contributed by atoms with Crippen LogP contribution in [0.15, 0.2) is 24.3 Å². The minimum absolute atomic E-state index is 0.259. The van der Waals surface area contributed by atoms with E-state index in [0.717, 1.165) is 6.08 Å². The Morgan fingerprint density at radius 2 is 1.59 bits per heavy atom. The fraction of sp³-hybridized carbons (Fsp3) is 0.571. The minimum atomic E-state index is -1.94. The van der Waals surface area contributed by atoms with E-state index in [1.807, 2.05) is 0 Å². The number of phenolic OH excluding ortho intramolecular Hbond substituents is 2. The Hall–Kier alpha value is -2.33. The highest BCUT2D eigenvalue weighted by Crippen LogP contribution is 2.30. The number of carbonyl (C=O) groups excluding carboxylic acids is 1. The molecule has 2 heterocycles. The molecule has 2 saturated heterocycles. The van der Waals surface area contributed by atoms with Gasteiger partial charge in [-0.05, 0) is 30.2 Å². The number of aliphatic hydroxyl groups excluding tert-OH is 6. The first-order valence-electron chi connectivity index (χ1n) is 10.5. The summed E-state index contributed by atoms with van der Waals surface area (Å²) in [5.74, 6) is -1.78. The SMILES string of the molecule is CCC1OC(OC2C(O)OC(OC(=O)C=Cc3ccc(O)c(O)c3)C(O)C2O)C(O)C(O)C1O. The molecule has 1 aromatic carbocycles. The lowest BCUT2D eigenvalue weighted by atomic mass is 9.97. The third-order valence-corrected chi connectivity index (χ3v) is 5.53. The Bertz CT molecular complexity index is 874. The van der Waals surface area contributed by atoms with Crippen molar-refractivity contribution >= 4 is 12.0 Å².